The molecule has 0 atom stereocenters. The predicted molar refractivity (Wildman–Crippen MR) is 64.0 cm³/mol. The van der Waals surface area contributed by atoms with Gasteiger partial charge >= 0.3 is 38.7 Å². The van der Waals surface area contributed by atoms with Gasteiger partial charge in [-0.2, -0.15) is 8.42 Å². The molecule has 0 aliphatic carbocycles. The van der Waals surface area contributed by atoms with E-state index in [0.717, 1.165) is 5.56 Å². The van der Waals surface area contributed by atoms with E-state index in [1.54, 1.807) is 24.3 Å². The van der Waals surface area contributed by atoms with Crippen LogP contribution in [0.1, 0.15) is 5.56 Å². The summed E-state index contributed by atoms with van der Waals surface area (Å²) in [5, 5.41) is 3.72. The van der Waals surface area contributed by atoms with Crippen LogP contribution in [0.3, 0.4) is 0 Å². The molecule has 0 saturated carbocycles. The van der Waals surface area contributed by atoms with E-state index in [4.69, 9.17) is 4.55 Å². The van der Waals surface area contributed by atoms with E-state index in [9.17, 15) is 8.42 Å². The minimum Gasteiger partial charge on any atom is -0.399 e. The maximum absolute atomic E-state index is 10.6. The van der Waals surface area contributed by atoms with Gasteiger partial charge in [-0.1, -0.05) is 35.5 Å². The summed E-state index contributed by atoms with van der Waals surface area (Å²) in [6.07, 6.45) is 0. The van der Waals surface area contributed by atoms with E-state index in [-0.39, 0.29) is 35.3 Å². The molecule has 0 bridgehead atoms. The van der Waals surface area contributed by atoms with Crippen molar-refractivity contribution in [1.82, 2.24) is 0 Å². The second-order valence-corrected chi connectivity index (χ2v) is 6.13. The Morgan fingerprint density at radius 3 is 2.47 bits per heavy atom. The van der Waals surface area contributed by atoms with Gasteiger partial charge in [-0.15, -0.1) is 0 Å². The van der Waals surface area contributed by atoms with Crippen LogP contribution in [0, 0.1) is 0 Å². The van der Waals surface area contributed by atoms with Gasteiger partial charge in [0.15, 0.2) is 0 Å². The third-order valence-electron chi connectivity index (χ3n) is 1.65. The number of oxime groups is 1. The van der Waals surface area contributed by atoms with Crippen molar-refractivity contribution in [3.63, 3.8) is 0 Å². The van der Waals surface area contributed by atoms with Gasteiger partial charge in [-0.25, -0.2) is 0 Å². The van der Waals surface area contributed by atoms with E-state index in [0.29, 0.717) is 16.5 Å². The van der Waals surface area contributed by atoms with Crippen LogP contribution < -0.4 is 29.6 Å². The van der Waals surface area contributed by atoms with Crippen molar-refractivity contribution in [3.05, 3.63) is 35.9 Å². The van der Waals surface area contributed by atoms with Crippen molar-refractivity contribution < 1.29 is 47.4 Å². The van der Waals surface area contributed by atoms with Crippen molar-refractivity contribution in [2.24, 2.45) is 5.16 Å². The second kappa shape index (κ2) is 8.12. The van der Waals surface area contributed by atoms with Crippen LogP contribution in [0.15, 0.2) is 35.5 Å². The van der Waals surface area contributed by atoms with Crippen LogP contribution in [0.5, 0.6) is 0 Å². The average Bonchev–Trinajstić information content (AvgIpc) is 2.24. The Hall–Kier alpha value is -0.0500. The molecule has 1 rings (SSSR count). The zero-order valence-corrected chi connectivity index (χ0v) is 13.2. The number of hydrogen-bond donors (Lipinski definition) is 1. The Morgan fingerprint density at radius 2 is 2.00 bits per heavy atom. The molecule has 5 nitrogen and oxygen atoms in total. The van der Waals surface area contributed by atoms with Crippen molar-refractivity contribution >= 4 is 25.7 Å². The van der Waals surface area contributed by atoms with E-state index < -0.39 is 9.15 Å². The molecule has 0 radical (unpaired) electrons. The van der Waals surface area contributed by atoms with Crippen molar-refractivity contribution in [2.45, 2.75) is 0 Å². The summed E-state index contributed by atoms with van der Waals surface area (Å²) in [4.78, 5) is 4.62. The quantitative estimate of drug-likeness (QED) is 0.236. The molecule has 88 valence electrons. The molecule has 0 spiro atoms. The third-order valence-corrected chi connectivity index (χ3v) is 3.59. The smallest absolute Gasteiger partial charge is 0.399 e. The summed E-state index contributed by atoms with van der Waals surface area (Å²) in [6.45, 7) is 0. The first-order chi connectivity index (χ1) is 7.53. The molecule has 0 heterocycles. The minimum absolute atomic E-state index is 0. The first kappa shape index (κ1) is 16.9. The second-order valence-electron chi connectivity index (χ2n) is 2.78. The fourth-order valence-electron chi connectivity index (χ4n) is 1.03. The van der Waals surface area contributed by atoms with Gasteiger partial charge < -0.3 is 4.84 Å². The number of nitrogens with zero attached hydrogens (tertiary/aromatic N) is 1. The predicted octanol–water partition coefficient (Wildman–Crippen LogP) is -1.42. The third kappa shape index (κ3) is 7.07. The van der Waals surface area contributed by atoms with Gasteiger partial charge in [-0.3, -0.25) is 4.55 Å². The molecular weight excluding hydrogens is 273 g/mol. The van der Waals surface area contributed by atoms with Crippen molar-refractivity contribution in [3.8, 4) is 0 Å². The maximum Gasteiger partial charge on any atom is 1.00 e. The Bertz CT molecular complexity index is 461. The summed E-state index contributed by atoms with van der Waals surface area (Å²) in [5.74, 6) is 0.0245. The normalized spacial score (nSPS) is 11.8. The van der Waals surface area contributed by atoms with Crippen LogP contribution in [0.25, 0.3) is 0 Å². The van der Waals surface area contributed by atoms with Gasteiger partial charge in [0, 0.05) is 16.4 Å². The summed E-state index contributed by atoms with van der Waals surface area (Å²) in [7, 11) is -2.30. The summed E-state index contributed by atoms with van der Waals surface area (Å²) in [6, 6.07) is 9.01. The van der Waals surface area contributed by atoms with Gasteiger partial charge in [0.25, 0.3) is 0 Å². The Kier molecular flexibility index (Phi) is 8.10. The van der Waals surface area contributed by atoms with E-state index in [1.165, 1.54) is 7.11 Å². The Balaban J connectivity index is 0.00000256. The van der Waals surface area contributed by atoms with Crippen LogP contribution in [-0.4, -0.2) is 31.5 Å². The van der Waals surface area contributed by atoms with Crippen LogP contribution in [-0.2, 0) is 14.0 Å². The largest absolute Gasteiger partial charge is 1.00 e. The Morgan fingerprint density at radius 1 is 1.41 bits per heavy atom. The monoisotopic (exact) mass is 284 g/mol. The molecule has 1 aromatic carbocycles. The van der Waals surface area contributed by atoms with Crippen LogP contribution in [0.2, 0.25) is 0 Å². The first-order valence-corrected chi connectivity index (χ1v) is 7.24. The zero-order valence-electron chi connectivity index (χ0n) is 9.53. The molecule has 0 unspecified atom stereocenters. The van der Waals surface area contributed by atoms with Crippen LogP contribution >= 0.6 is 10.8 Å². The molecule has 1 N–H and O–H groups in total. The van der Waals surface area contributed by atoms with Gasteiger partial charge in [-0.05, 0) is 0 Å². The molecule has 0 aliphatic heterocycles. The fourth-order valence-corrected chi connectivity index (χ4v) is 2.30. The standard InChI is InChI=1S/C9H11NO4S2.Na/c1-14-10-9(7-15-16(11,12)13)8-5-3-2-4-6-8;/h2-6H,7H2,1H3,(H,11,12,13);/q;+1/b10-9-;. The molecule has 0 saturated heterocycles. The van der Waals surface area contributed by atoms with Crippen molar-refractivity contribution in [2.75, 3.05) is 12.9 Å². The molecule has 1 aromatic rings. The molecule has 0 amide bonds. The molecule has 0 fully saturated rings. The summed E-state index contributed by atoms with van der Waals surface area (Å²) < 4.78 is 29.8. The number of benzene rings is 1. The average molecular weight is 284 g/mol. The summed E-state index contributed by atoms with van der Waals surface area (Å²) in [5.41, 5.74) is 1.20. The van der Waals surface area contributed by atoms with E-state index >= 15 is 0 Å². The van der Waals surface area contributed by atoms with Gasteiger partial charge in [0.2, 0.25) is 0 Å². The number of hydrogen-bond acceptors (Lipinski definition) is 5. The maximum atomic E-state index is 10.6. The van der Waals surface area contributed by atoms with Gasteiger partial charge in [0.05, 0.1) is 11.5 Å². The number of rotatable bonds is 5. The zero-order chi connectivity index (χ0) is 12.0. The molecule has 17 heavy (non-hydrogen) atoms. The molecule has 0 aliphatic rings. The van der Waals surface area contributed by atoms with Crippen LogP contribution in [0.4, 0.5) is 0 Å². The Labute approximate surface area is 126 Å². The van der Waals surface area contributed by atoms with E-state index in [1.807, 2.05) is 6.07 Å². The molecule has 0 aromatic heterocycles. The first-order valence-electron chi connectivity index (χ1n) is 4.30. The van der Waals surface area contributed by atoms with Crippen molar-refractivity contribution in [1.29, 1.82) is 0 Å². The topological polar surface area (TPSA) is 76.0 Å². The van der Waals surface area contributed by atoms with Gasteiger partial charge in [0.1, 0.15) is 7.11 Å². The SMILES string of the molecule is CO/N=C(/CSS(=O)(=O)O)c1ccccc1.[Na+]. The van der Waals surface area contributed by atoms with E-state index in [2.05, 4.69) is 9.99 Å². The molecule has 8 heteroatoms. The fraction of sp³-hybridized carbons (Fsp3) is 0.222. The minimum atomic E-state index is -4.07. The molecular formula is C9H11NNaO4S2+. The summed E-state index contributed by atoms with van der Waals surface area (Å²) >= 11 is 0.